The summed E-state index contributed by atoms with van der Waals surface area (Å²) in [6.07, 6.45) is 2.16. The van der Waals surface area contributed by atoms with Gasteiger partial charge < -0.3 is 4.74 Å². The highest BCUT2D eigenvalue weighted by molar-refractivity contribution is 14.1. The van der Waals surface area contributed by atoms with Crippen molar-refractivity contribution < 1.29 is 4.74 Å². The predicted octanol–water partition coefficient (Wildman–Crippen LogP) is 1.79. The van der Waals surface area contributed by atoms with Crippen LogP contribution in [0.2, 0.25) is 0 Å². The van der Waals surface area contributed by atoms with Gasteiger partial charge in [-0.05, 0) is 13.2 Å². The average Bonchev–Trinajstić information content (AvgIpc) is 2.04. The lowest BCUT2D eigenvalue weighted by molar-refractivity contribution is 0.0278. The zero-order chi connectivity index (χ0) is 8.27. The molecule has 1 saturated heterocycles. The first kappa shape index (κ1) is 10.1. The van der Waals surface area contributed by atoms with Crippen LogP contribution in [0.3, 0.4) is 0 Å². The third kappa shape index (κ3) is 2.75. The highest BCUT2D eigenvalue weighted by Gasteiger charge is 2.23. The number of halogens is 1. The molecule has 4 heteroatoms. The number of rotatable bonds is 2. The van der Waals surface area contributed by atoms with E-state index in [0.29, 0.717) is 9.42 Å². The largest absolute Gasteiger partial charge is 0.378 e. The summed E-state index contributed by atoms with van der Waals surface area (Å²) in [6.45, 7) is 5.10. The number of nitrogens with zero attached hydrogens (tertiary/aromatic N) is 1. The van der Waals surface area contributed by atoms with Crippen LogP contribution < -0.4 is 0 Å². The van der Waals surface area contributed by atoms with Gasteiger partial charge in [-0.2, -0.15) is 0 Å². The van der Waals surface area contributed by atoms with Crippen molar-refractivity contribution in [2.45, 2.75) is 16.3 Å². The Balaban J connectivity index is 2.40. The minimum absolute atomic E-state index is 0.559. The van der Waals surface area contributed by atoms with E-state index in [1.54, 1.807) is 0 Å². The van der Waals surface area contributed by atoms with Crippen LogP contribution in [0.4, 0.5) is 0 Å². The quantitative estimate of drug-likeness (QED) is 0.436. The number of hydrogen-bond donors (Lipinski definition) is 0. The first-order chi connectivity index (χ1) is 5.25. The normalized spacial score (nSPS) is 30.3. The van der Waals surface area contributed by atoms with Gasteiger partial charge in [0, 0.05) is 6.54 Å². The molecule has 2 unspecified atom stereocenters. The van der Waals surface area contributed by atoms with Crippen LogP contribution in [0, 0.1) is 0 Å². The lowest BCUT2D eigenvalue weighted by Crippen LogP contribution is -2.45. The summed E-state index contributed by atoms with van der Waals surface area (Å²) in [5.74, 6) is 0. The SMILES string of the molecule is CSC(C)N1CCOCC1I. The van der Waals surface area contributed by atoms with Crippen molar-refractivity contribution in [3.63, 3.8) is 0 Å². The van der Waals surface area contributed by atoms with E-state index in [2.05, 4.69) is 40.7 Å². The summed E-state index contributed by atoms with van der Waals surface area (Å²) < 4.78 is 5.91. The molecule has 1 aliphatic rings. The van der Waals surface area contributed by atoms with Gasteiger partial charge >= 0.3 is 0 Å². The van der Waals surface area contributed by atoms with Gasteiger partial charge in [-0.1, -0.05) is 22.6 Å². The molecule has 1 rings (SSSR count). The van der Waals surface area contributed by atoms with Crippen molar-refractivity contribution in [2.75, 3.05) is 26.0 Å². The third-order valence-electron chi connectivity index (χ3n) is 1.92. The average molecular weight is 287 g/mol. The van der Waals surface area contributed by atoms with E-state index in [1.165, 1.54) is 0 Å². The van der Waals surface area contributed by atoms with Crippen LogP contribution in [0.1, 0.15) is 6.92 Å². The lowest BCUT2D eigenvalue weighted by Gasteiger charge is -2.35. The van der Waals surface area contributed by atoms with Crippen LogP contribution in [-0.2, 0) is 4.74 Å². The molecule has 66 valence electrons. The Hall–Kier alpha value is 1.00. The van der Waals surface area contributed by atoms with Gasteiger partial charge in [0.2, 0.25) is 0 Å². The maximum Gasteiger partial charge on any atom is 0.0865 e. The lowest BCUT2D eigenvalue weighted by atomic mass is 10.4. The van der Waals surface area contributed by atoms with Crippen LogP contribution in [0.15, 0.2) is 0 Å². The van der Waals surface area contributed by atoms with Crippen LogP contribution in [-0.4, -0.2) is 40.3 Å². The number of morpholine rings is 1. The second-order valence-corrected chi connectivity index (χ2v) is 5.17. The van der Waals surface area contributed by atoms with E-state index < -0.39 is 0 Å². The first-order valence-corrected chi connectivity index (χ1v) is 6.29. The molecule has 0 aliphatic carbocycles. The number of hydrogen-bond acceptors (Lipinski definition) is 3. The molecule has 1 heterocycles. The van der Waals surface area contributed by atoms with Crippen LogP contribution in [0.25, 0.3) is 0 Å². The van der Waals surface area contributed by atoms with E-state index in [1.807, 2.05) is 11.8 Å². The standard InChI is InChI=1S/C7H14INOS/c1-6(11-2)9-3-4-10-5-7(9)8/h6-7H,3-5H2,1-2H3. The molecule has 1 fully saturated rings. The van der Waals surface area contributed by atoms with Crippen molar-refractivity contribution in [2.24, 2.45) is 0 Å². The van der Waals surface area contributed by atoms with Crippen molar-refractivity contribution in [3.8, 4) is 0 Å². The smallest absolute Gasteiger partial charge is 0.0865 e. The molecule has 0 radical (unpaired) electrons. The Morgan fingerprint density at radius 1 is 1.73 bits per heavy atom. The Morgan fingerprint density at radius 3 is 3.00 bits per heavy atom. The van der Waals surface area contributed by atoms with Crippen LogP contribution >= 0.6 is 34.4 Å². The summed E-state index contributed by atoms with van der Waals surface area (Å²) in [7, 11) is 0. The summed E-state index contributed by atoms with van der Waals surface area (Å²) >= 11 is 4.35. The van der Waals surface area contributed by atoms with Crippen LogP contribution in [0.5, 0.6) is 0 Å². The second-order valence-electron chi connectivity index (χ2n) is 2.58. The van der Waals surface area contributed by atoms with E-state index >= 15 is 0 Å². The number of ether oxygens (including phenoxy) is 1. The zero-order valence-corrected chi connectivity index (χ0v) is 9.89. The van der Waals surface area contributed by atoms with Gasteiger partial charge in [0.25, 0.3) is 0 Å². The second kappa shape index (κ2) is 4.89. The maximum atomic E-state index is 5.35. The maximum absolute atomic E-state index is 5.35. The fourth-order valence-corrected chi connectivity index (χ4v) is 2.89. The van der Waals surface area contributed by atoms with Crippen molar-refractivity contribution in [1.82, 2.24) is 4.90 Å². The Kier molecular flexibility index (Phi) is 4.48. The summed E-state index contributed by atoms with van der Waals surface area (Å²) in [5, 5.41) is 0.626. The Bertz CT molecular complexity index is 121. The Morgan fingerprint density at radius 2 is 2.45 bits per heavy atom. The molecule has 0 aromatic carbocycles. The van der Waals surface area contributed by atoms with E-state index in [9.17, 15) is 0 Å². The van der Waals surface area contributed by atoms with E-state index in [-0.39, 0.29) is 0 Å². The zero-order valence-electron chi connectivity index (χ0n) is 6.92. The molecule has 0 spiro atoms. The molecular formula is C7H14INOS. The summed E-state index contributed by atoms with van der Waals surface area (Å²) in [4.78, 5) is 2.48. The number of thioether (sulfide) groups is 1. The molecule has 0 amide bonds. The molecule has 0 N–H and O–H groups in total. The minimum Gasteiger partial charge on any atom is -0.378 e. The van der Waals surface area contributed by atoms with E-state index in [4.69, 9.17) is 4.74 Å². The summed E-state index contributed by atoms with van der Waals surface area (Å²) in [5.41, 5.74) is 0. The fourth-order valence-electron chi connectivity index (χ4n) is 1.13. The monoisotopic (exact) mass is 287 g/mol. The topological polar surface area (TPSA) is 12.5 Å². The molecule has 0 bridgehead atoms. The molecule has 11 heavy (non-hydrogen) atoms. The molecule has 0 aromatic rings. The first-order valence-electron chi connectivity index (χ1n) is 3.76. The van der Waals surface area contributed by atoms with Gasteiger partial charge in [0.1, 0.15) is 0 Å². The van der Waals surface area contributed by atoms with Gasteiger partial charge in [-0.25, -0.2) is 0 Å². The van der Waals surface area contributed by atoms with Gasteiger partial charge in [-0.15, -0.1) is 11.8 Å². The third-order valence-corrected chi connectivity index (χ3v) is 3.95. The van der Waals surface area contributed by atoms with Crippen molar-refractivity contribution in [1.29, 1.82) is 0 Å². The number of alkyl halides is 1. The highest BCUT2D eigenvalue weighted by Crippen LogP contribution is 2.21. The molecule has 1 aliphatic heterocycles. The van der Waals surface area contributed by atoms with E-state index in [0.717, 1.165) is 19.8 Å². The molecule has 0 saturated carbocycles. The molecule has 0 aromatic heterocycles. The Labute approximate surface area is 86.2 Å². The molecular weight excluding hydrogens is 273 g/mol. The highest BCUT2D eigenvalue weighted by atomic mass is 127. The van der Waals surface area contributed by atoms with Gasteiger partial charge in [0.05, 0.1) is 22.6 Å². The fraction of sp³-hybridized carbons (Fsp3) is 1.00. The minimum atomic E-state index is 0.559. The van der Waals surface area contributed by atoms with Crippen molar-refractivity contribution >= 4 is 34.4 Å². The summed E-state index contributed by atoms with van der Waals surface area (Å²) in [6, 6.07) is 0. The predicted molar refractivity (Wildman–Crippen MR) is 58.3 cm³/mol. The van der Waals surface area contributed by atoms with Crippen molar-refractivity contribution in [3.05, 3.63) is 0 Å². The molecule has 2 nitrogen and oxygen atoms in total. The molecule has 2 atom stereocenters. The van der Waals surface area contributed by atoms with Gasteiger partial charge in [0.15, 0.2) is 0 Å². The van der Waals surface area contributed by atoms with Gasteiger partial charge in [-0.3, -0.25) is 4.90 Å².